The van der Waals surface area contributed by atoms with E-state index in [2.05, 4.69) is 15.6 Å². The molecule has 0 radical (unpaired) electrons. The summed E-state index contributed by atoms with van der Waals surface area (Å²) in [6, 6.07) is 10.2. The first-order chi connectivity index (χ1) is 13.5. The number of ether oxygens (including phenoxy) is 2. The number of hydrogen-bond donors (Lipinski definition) is 1. The fourth-order valence-corrected chi connectivity index (χ4v) is 2.45. The van der Waals surface area contributed by atoms with E-state index in [-0.39, 0.29) is 37.2 Å². The minimum absolute atomic E-state index is 0.0500. The molecule has 0 saturated carbocycles. The third-order valence-electron chi connectivity index (χ3n) is 3.78. The number of methoxy groups -OCH3 is 1. The van der Waals surface area contributed by atoms with Gasteiger partial charge in [-0.3, -0.25) is 4.79 Å². The van der Waals surface area contributed by atoms with Gasteiger partial charge in [-0.2, -0.15) is 0 Å². The van der Waals surface area contributed by atoms with Crippen molar-refractivity contribution in [3.63, 3.8) is 0 Å². The zero-order valence-electron chi connectivity index (χ0n) is 15.1. The standard InChI is InChI=1S/C19H18F2N4O3/c1-27-18-6-5-13(9-16(18)21)17-11-25(24-23-17)12-19(26)22-7-8-28-15-4-2-3-14(20)10-15/h2-6,9-11H,7-8,12H2,1H3,(H,22,26). The van der Waals surface area contributed by atoms with E-state index < -0.39 is 5.82 Å². The van der Waals surface area contributed by atoms with Gasteiger partial charge < -0.3 is 14.8 Å². The van der Waals surface area contributed by atoms with Gasteiger partial charge in [0, 0.05) is 11.6 Å². The highest BCUT2D eigenvalue weighted by atomic mass is 19.1. The third-order valence-corrected chi connectivity index (χ3v) is 3.78. The number of halogens is 2. The predicted molar refractivity (Wildman–Crippen MR) is 96.9 cm³/mol. The van der Waals surface area contributed by atoms with Gasteiger partial charge in [0.25, 0.3) is 0 Å². The third kappa shape index (κ3) is 5.03. The molecule has 0 unspecified atom stereocenters. The Morgan fingerprint density at radius 1 is 1.21 bits per heavy atom. The SMILES string of the molecule is COc1ccc(-c2cn(CC(=O)NCCOc3cccc(F)c3)nn2)cc1F. The van der Waals surface area contributed by atoms with E-state index in [9.17, 15) is 13.6 Å². The van der Waals surface area contributed by atoms with Gasteiger partial charge in [0.05, 0.1) is 19.9 Å². The molecule has 0 atom stereocenters. The zero-order chi connectivity index (χ0) is 19.9. The highest BCUT2D eigenvalue weighted by Gasteiger charge is 2.10. The molecule has 0 spiro atoms. The molecule has 9 heteroatoms. The van der Waals surface area contributed by atoms with Crippen molar-refractivity contribution >= 4 is 5.91 Å². The van der Waals surface area contributed by atoms with Gasteiger partial charge in [0.2, 0.25) is 5.91 Å². The molecule has 3 rings (SSSR count). The molecule has 2 aromatic carbocycles. The Balaban J connectivity index is 1.48. The van der Waals surface area contributed by atoms with Crippen molar-refractivity contribution in [3.8, 4) is 22.8 Å². The Labute approximate surface area is 159 Å². The molecule has 0 saturated heterocycles. The molecule has 7 nitrogen and oxygen atoms in total. The lowest BCUT2D eigenvalue weighted by molar-refractivity contribution is -0.121. The van der Waals surface area contributed by atoms with Crippen molar-refractivity contribution in [2.75, 3.05) is 20.3 Å². The maximum absolute atomic E-state index is 13.8. The van der Waals surface area contributed by atoms with Gasteiger partial charge in [0.1, 0.15) is 30.4 Å². The van der Waals surface area contributed by atoms with Crippen molar-refractivity contribution in [1.29, 1.82) is 0 Å². The molecule has 28 heavy (non-hydrogen) atoms. The van der Waals surface area contributed by atoms with E-state index in [1.807, 2.05) is 0 Å². The second-order valence-electron chi connectivity index (χ2n) is 5.81. The topological polar surface area (TPSA) is 78.3 Å². The highest BCUT2D eigenvalue weighted by Crippen LogP contribution is 2.23. The first-order valence-electron chi connectivity index (χ1n) is 8.44. The van der Waals surface area contributed by atoms with Gasteiger partial charge in [-0.05, 0) is 30.3 Å². The normalized spacial score (nSPS) is 10.5. The highest BCUT2D eigenvalue weighted by molar-refractivity contribution is 5.75. The van der Waals surface area contributed by atoms with Crippen molar-refractivity contribution < 1.29 is 23.0 Å². The smallest absolute Gasteiger partial charge is 0.241 e. The number of benzene rings is 2. The van der Waals surface area contributed by atoms with Crippen LogP contribution in [0.2, 0.25) is 0 Å². The lowest BCUT2D eigenvalue weighted by atomic mass is 10.1. The molecule has 1 heterocycles. The summed E-state index contributed by atoms with van der Waals surface area (Å²) >= 11 is 0. The Bertz CT molecular complexity index is 962. The molecular formula is C19H18F2N4O3. The fraction of sp³-hybridized carbons (Fsp3) is 0.211. The summed E-state index contributed by atoms with van der Waals surface area (Å²) in [6.45, 7) is 0.398. The molecule has 1 N–H and O–H groups in total. The molecular weight excluding hydrogens is 370 g/mol. The fourth-order valence-electron chi connectivity index (χ4n) is 2.45. The molecule has 0 bridgehead atoms. The Morgan fingerprint density at radius 2 is 2.07 bits per heavy atom. The second kappa shape index (κ2) is 8.94. The molecule has 0 aliphatic carbocycles. The maximum atomic E-state index is 13.8. The van der Waals surface area contributed by atoms with E-state index in [0.29, 0.717) is 17.0 Å². The second-order valence-corrected chi connectivity index (χ2v) is 5.81. The van der Waals surface area contributed by atoms with Crippen molar-refractivity contribution in [1.82, 2.24) is 20.3 Å². The van der Waals surface area contributed by atoms with Crippen LogP contribution in [0.25, 0.3) is 11.3 Å². The van der Waals surface area contributed by atoms with E-state index in [0.717, 1.165) is 0 Å². The summed E-state index contributed by atoms with van der Waals surface area (Å²) < 4.78 is 38.4. The maximum Gasteiger partial charge on any atom is 0.241 e. The molecule has 1 aromatic heterocycles. The first kappa shape index (κ1) is 19.3. The van der Waals surface area contributed by atoms with E-state index >= 15 is 0 Å². The summed E-state index contributed by atoms with van der Waals surface area (Å²) in [5.74, 6) is -0.663. The quantitative estimate of drug-likeness (QED) is 0.600. The lowest BCUT2D eigenvalue weighted by Gasteiger charge is -2.07. The minimum Gasteiger partial charge on any atom is -0.494 e. The van der Waals surface area contributed by atoms with Crippen LogP contribution in [-0.2, 0) is 11.3 Å². The van der Waals surface area contributed by atoms with E-state index in [4.69, 9.17) is 9.47 Å². The summed E-state index contributed by atoms with van der Waals surface area (Å²) in [5.41, 5.74) is 0.956. The summed E-state index contributed by atoms with van der Waals surface area (Å²) in [7, 11) is 1.39. The van der Waals surface area contributed by atoms with Gasteiger partial charge in [-0.1, -0.05) is 11.3 Å². The van der Waals surface area contributed by atoms with Crippen LogP contribution < -0.4 is 14.8 Å². The van der Waals surface area contributed by atoms with Crippen LogP contribution in [0.5, 0.6) is 11.5 Å². The average Bonchev–Trinajstić information content (AvgIpc) is 3.13. The van der Waals surface area contributed by atoms with Crippen LogP contribution in [-0.4, -0.2) is 41.2 Å². The van der Waals surface area contributed by atoms with Gasteiger partial charge in [0.15, 0.2) is 11.6 Å². The van der Waals surface area contributed by atoms with Crippen LogP contribution in [0, 0.1) is 11.6 Å². The minimum atomic E-state index is -0.509. The zero-order valence-corrected chi connectivity index (χ0v) is 15.1. The Morgan fingerprint density at radius 3 is 2.82 bits per heavy atom. The lowest BCUT2D eigenvalue weighted by Crippen LogP contribution is -2.31. The first-order valence-corrected chi connectivity index (χ1v) is 8.44. The number of amides is 1. The van der Waals surface area contributed by atoms with E-state index in [1.54, 1.807) is 24.4 Å². The number of aromatic nitrogens is 3. The molecule has 0 aliphatic rings. The molecule has 1 amide bonds. The number of nitrogens with one attached hydrogen (secondary N) is 1. The van der Waals surface area contributed by atoms with E-state index in [1.165, 1.54) is 36.1 Å². The van der Waals surface area contributed by atoms with Gasteiger partial charge >= 0.3 is 0 Å². The predicted octanol–water partition coefficient (Wildman–Crippen LogP) is 2.43. The van der Waals surface area contributed by atoms with Crippen molar-refractivity contribution in [2.45, 2.75) is 6.54 Å². The van der Waals surface area contributed by atoms with Crippen molar-refractivity contribution in [3.05, 3.63) is 60.3 Å². The van der Waals surface area contributed by atoms with Gasteiger partial charge in [-0.15, -0.1) is 5.10 Å². The van der Waals surface area contributed by atoms with Crippen LogP contribution in [0.15, 0.2) is 48.7 Å². The number of rotatable bonds is 8. The number of nitrogens with zero attached hydrogens (tertiary/aromatic N) is 3. The monoisotopic (exact) mass is 388 g/mol. The molecule has 0 fully saturated rings. The molecule has 0 aliphatic heterocycles. The Kier molecular flexibility index (Phi) is 6.15. The Hall–Kier alpha value is -3.49. The molecule has 3 aromatic rings. The van der Waals surface area contributed by atoms with Crippen LogP contribution in [0.1, 0.15) is 0 Å². The summed E-state index contributed by atoms with van der Waals surface area (Å²) in [4.78, 5) is 12.0. The van der Waals surface area contributed by atoms with Crippen molar-refractivity contribution in [2.24, 2.45) is 0 Å². The number of carbonyl (C=O) groups excluding carboxylic acids is 1. The summed E-state index contributed by atoms with van der Waals surface area (Å²) in [5, 5.41) is 10.5. The van der Waals surface area contributed by atoms with Crippen LogP contribution in [0.4, 0.5) is 8.78 Å². The largest absolute Gasteiger partial charge is 0.494 e. The number of carbonyl (C=O) groups is 1. The average molecular weight is 388 g/mol. The summed E-state index contributed by atoms with van der Waals surface area (Å²) in [6.07, 6.45) is 1.55. The number of hydrogen-bond acceptors (Lipinski definition) is 5. The van der Waals surface area contributed by atoms with Gasteiger partial charge in [-0.25, -0.2) is 13.5 Å². The van der Waals surface area contributed by atoms with Crippen LogP contribution >= 0.6 is 0 Å². The van der Waals surface area contributed by atoms with Crippen LogP contribution in [0.3, 0.4) is 0 Å². The molecule has 146 valence electrons.